The van der Waals surface area contributed by atoms with Crippen LogP contribution >= 0.6 is 11.8 Å². The topological polar surface area (TPSA) is 76.5 Å². The van der Waals surface area contributed by atoms with Crippen LogP contribution < -0.4 is 5.73 Å². The smallest absolute Gasteiger partial charge is 0.338 e. The molecule has 0 spiro atoms. The third kappa shape index (κ3) is 3.97. The first-order valence-corrected chi connectivity index (χ1v) is 5.80. The van der Waals surface area contributed by atoms with Gasteiger partial charge in [0.2, 0.25) is 0 Å². The van der Waals surface area contributed by atoms with Crippen molar-refractivity contribution in [2.24, 2.45) is 5.73 Å². The van der Waals surface area contributed by atoms with Gasteiger partial charge in [-0.2, -0.15) is 11.8 Å². The molecule has 1 aromatic rings. The minimum Gasteiger partial charge on any atom is -0.478 e. The van der Waals surface area contributed by atoms with Gasteiger partial charge in [-0.25, -0.2) is 4.79 Å². The second-order valence-corrected chi connectivity index (χ2v) is 4.73. The van der Waals surface area contributed by atoms with Crippen molar-refractivity contribution in [1.82, 2.24) is 0 Å². The highest BCUT2D eigenvalue weighted by Gasteiger charge is 2.09. The number of furan rings is 1. The van der Waals surface area contributed by atoms with Gasteiger partial charge in [0.15, 0.2) is 0 Å². The maximum atomic E-state index is 10.6. The van der Waals surface area contributed by atoms with Crippen molar-refractivity contribution in [2.45, 2.75) is 24.3 Å². The van der Waals surface area contributed by atoms with Gasteiger partial charge in [-0.15, -0.1) is 0 Å². The van der Waals surface area contributed by atoms with Crippen molar-refractivity contribution in [3.8, 4) is 0 Å². The van der Waals surface area contributed by atoms with Crippen molar-refractivity contribution in [3.63, 3.8) is 0 Å². The molecule has 0 radical (unpaired) electrons. The fraction of sp³-hybridized carbons (Fsp3) is 0.500. The quantitative estimate of drug-likeness (QED) is 0.779. The highest BCUT2D eigenvalue weighted by atomic mass is 32.2. The molecule has 84 valence electrons. The number of carboxylic acid groups (broad SMARTS) is 1. The van der Waals surface area contributed by atoms with Gasteiger partial charge >= 0.3 is 5.97 Å². The first kappa shape index (κ1) is 12.1. The average molecular weight is 229 g/mol. The van der Waals surface area contributed by atoms with E-state index in [-0.39, 0.29) is 5.56 Å². The highest BCUT2D eigenvalue weighted by molar-refractivity contribution is 7.99. The highest BCUT2D eigenvalue weighted by Crippen LogP contribution is 2.21. The summed E-state index contributed by atoms with van der Waals surface area (Å²) in [5.74, 6) is 0.431. The standard InChI is InChI=1S/C10H15NO3S/c1-7(2-3-11)15-6-9-4-8(5-14-9)10(12)13/h4-5,7H,2-3,6,11H2,1H3,(H,12,13). The maximum Gasteiger partial charge on any atom is 0.338 e. The SMILES string of the molecule is CC(CCN)SCc1cc(C(=O)O)co1. The summed E-state index contributed by atoms with van der Waals surface area (Å²) >= 11 is 1.71. The Morgan fingerprint density at radius 1 is 1.73 bits per heavy atom. The maximum absolute atomic E-state index is 10.6. The number of rotatable bonds is 6. The van der Waals surface area contributed by atoms with Crippen LogP contribution in [0.4, 0.5) is 0 Å². The van der Waals surface area contributed by atoms with Crippen molar-refractivity contribution >= 4 is 17.7 Å². The van der Waals surface area contributed by atoms with E-state index in [1.165, 1.54) is 6.26 Å². The minimum atomic E-state index is -0.954. The average Bonchev–Trinajstić information content (AvgIpc) is 2.63. The molecule has 0 bridgehead atoms. The van der Waals surface area contributed by atoms with E-state index < -0.39 is 5.97 Å². The van der Waals surface area contributed by atoms with Crippen molar-refractivity contribution in [3.05, 3.63) is 23.7 Å². The molecule has 0 aliphatic rings. The lowest BCUT2D eigenvalue weighted by molar-refractivity contribution is 0.0696. The van der Waals surface area contributed by atoms with E-state index in [1.807, 2.05) is 0 Å². The third-order valence-electron chi connectivity index (χ3n) is 1.98. The predicted molar refractivity (Wildman–Crippen MR) is 60.1 cm³/mol. The third-order valence-corrected chi connectivity index (χ3v) is 3.24. The van der Waals surface area contributed by atoms with Crippen molar-refractivity contribution < 1.29 is 14.3 Å². The van der Waals surface area contributed by atoms with E-state index in [4.69, 9.17) is 15.3 Å². The number of nitrogens with two attached hydrogens (primary N) is 1. The molecule has 0 fully saturated rings. The Morgan fingerprint density at radius 3 is 3.00 bits per heavy atom. The number of hydrogen-bond donors (Lipinski definition) is 2. The normalized spacial score (nSPS) is 12.7. The van der Waals surface area contributed by atoms with Gasteiger partial charge in [0.1, 0.15) is 12.0 Å². The molecule has 4 nitrogen and oxygen atoms in total. The summed E-state index contributed by atoms with van der Waals surface area (Å²) in [4.78, 5) is 10.6. The molecule has 1 atom stereocenters. The summed E-state index contributed by atoms with van der Waals surface area (Å²) in [6.45, 7) is 2.77. The first-order chi connectivity index (χ1) is 7.13. The van der Waals surface area contributed by atoms with Gasteiger partial charge in [0.25, 0.3) is 0 Å². The summed E-state index contributed by atoms with van der Waals surface area (Å²) < 4.78 is 5.12. The van der Waals surface area contributed by atoms with Crippen LogP contribution in [-0.2, 0) is 5.75 Å². The van der Waals surface area contributed by atoms with E-state index in [0.29, 0.717) is 23.3 Å². The lowest BCUT2D eigenvalue weighted by atomic mass is 10.3. The molecule has 3 N–H and O–H groups in total. The fourth-order valence-corrected chi connectivity index (χ4v) is 2.01. The van der Waals surface area contributed by atoms with Gasteiger partial charge < -0.3 is 15.3 Å². The van der Waals surface area contributed by atoms with Crippen LogP contribution in [0.25, 0.3) is 0 Å². The van der Waals surface area contributed by atoms with Gasteiger partial charge in [0, 0.05) is 5.25 Å². The second kappa shape index (κ2) is 5.82. The Bertz CT molecular complexity index is 324. The van der Waals surface area contributed by atoms with E-state index >= 15 is 0 Å². The van der Waals surface area contributed by atoms with Crippen LogP contribution in [0.5, 0.6) is 0 Å². The van der Waals surface area contributed by atoms with Crippen LogP contribution in [-0.4, -0.2) is 22.9 Å². The van der Waals surface area contributed by atoms with Gasteiger partial charge in [0.05, 0.1) is 11.3 Å². The Balaban J connectivity index is 2.40. The molecular weight excluding hydrogens is 214 g/mol. The van der Waals surface area contributed by atoms with Gasteiger partial charge in [-0.3, -0.25) is 0 Å². The molecule has 1 aromatic heterocycles. The minimum absolute atomic E-state index is 0.206. The monoisotopic (exact) mass is 229 g/mol. The van der Waals surface area contributed by atoms with Crippen LogP contribution in [0.3, 0.4) is 0 Å². The lowest BCUT2D eigenvalue weighted by Gasteiger charge is -2.07. The molecule has 0 aliphatic carbocycles. The molecule has 5 heteroatoms. The first-order valence-electron chi connectivity index (χ1n) is 4.76. The Labute approximate surface area is 92.8 Å². The van der Waals surface area contributed by atoms with Crippen LogP contribution in [0.2, 0.25) is 0 Å². The van der Waals surface area contributed by atoms with Crippen molar-refractivity contribution in [2.75, 3.05) is 6.54 Å². The number of carboxylic acids is 1. The van der Waals surface area contributed by atoms with Crippen LogP contribution in [0, 0.1) is 0 Å². The van der Waals surface area contributed by atoms with Gasteiger partial charge in [-0.05, 0) is 19.0 Å². The number of hydrogen-bond acceptors (Lipinski definition) is 4. The summed E-state index contributed by atoms with van der Waals surface area (Å²) in [6.07, 6.45) is 2.23. The molecule has 1 heterocycles. The molecule has 0 aromatic carbocycles. The van der Waals surface area contributed by atoms with E-state index in [9.17, 15) is 4.79 Å². The second-order valence-electron chi connectivity index (χ2n) is 3.31. The van der Waals surface area contributed by atoms with Gasteiger partial charge in [-0.1, -0.05) is 6.92 Å². The fourth-order valence-electron chi connectivity index (χ4n) is 1.11. The van der Waals surface area contributed by atoms with Crippen LogP contribution in [0.15, 0.2) is 16.7 Å². The molecule has 15 heavy (non-hydrogen) atoms. The Hall–Kier alpha value is -0.940. The van der Waals surface area contributed by atoms with Crippen molar-refractivity contribution in [1.29, 1.82) is 0 Å². The number of thioether (sulfide) groups is 1. The zero-order valence-corrected chi connectivity index (χ0v) is 9.42. The molecule has 1 unspecified atom stereocenters. The molecule has 1 rings (SSSR count). The summed E-state index contributed by atoms with van der Waals surface area (Å²) in [7, 11) is 0. The number of aromatic carboxylic acids is 1. The van der Waals surface area contributed by atoms with E-state index in [1.54, 1.807) is 17.8 Å². The summed E-state index contributed by atoms with van der Waals surface area (Å²) in [5, 5.41) is 9.14. The predicted octanol–water partition coefficient (Wildman–Crippen LogP) is 1.95. The zero-order valence-electron chi connectivity index (χ0n) is 8.60. The number of carbonyl (C=O) groups is 1. The summed E-state index contributed by atoms with van der Waals surface area (Å²) in [5.41, 5.74) is 5.63. The van der Waals surface area contributed by atoms with E-state index in [0.717, 1.165) is 6.42 Å². The molecular formula is C10H15NO3S. The Morgan fingerprint density at radius 2 is 2.47 bits per heavy atom. The summed E-state index contributed by atoms with van der Waals surface area (Å²) in [6, 6.07) is 1.56. The molecule has 0 aliphatic heterocycles. The molecule has 0 amide bonds. The zero-order chi connectivity index (χ0) is 11.3. The molecule has 0 saturated carbocycles. The van der Waals surface area contributed by atoms with E-state index in [2.05, 4.69) is 6.92 Å². The largest absolute Gasteiger partial charge is 0.478 e. The van der Waals surface area contributed by atoms with Crippen LogP contribution in [0.1, 0.15) is 29.5 Å². The Kier molecular flexibility index (Phi) is 4.71. The lowest BCUT2D eigenvalue weighted by Crippen LogP contribution is -2.07. The molecule has 0 saturated heterocycles.